The predicted molar refractivity (Wildman–Crippen MR) is 67.6 cm³/mol. The Morgan fingerprint density at radius 1 is 1.29 bits per heavy atom. The lowest BCUT2D eigenvalue weighted by molar-refractivity contribution is 0.104. The molecule has 1 rings (SSSR count). The van der Waals surface area contributed by atoms with E-state index in [9.17, 15) is 4.79 Å². The lowest BCUT2D eigenvalue weighted by Gasteiger charge is -2.20. The van der Waals surface area contributed by atoms with Crippen LogP contribution in [0.25, 0.3) is 0 Å². The third kappa shape index (κ3) is 3.31. The minimum absolute atomic E-state index is 0.155. The number of likely N-dealkylation sites (N-methyl/N-ethyl adjacent to an activating group) is 1. The van der Waals surface area contributed by atoms with Gasteiger partial charge in [0, 0.05) is 18.7 Å². The number of rotatable bonds is 5. The van der Waals surface area contributed by atoms with Crippen molar-refractivity contribution in [3.63, 3.8) is 0 Å². The van der Waals surface area contributed by atoms with Crippen LogP contribution in [0.3, 0.4) is 0 Å². The fourth-order valence-corrected chi connectivity index (χ4v) is 1.55. The molecule has 0 amide bonds. The Morgan fingerprint density at radius 3 is 2.35 bits per heavy atom. The second kappa shape index (κ2) is 6.68. The van der Waals surface area contributed by atoms with Crippen molar-refractivity contribution in [2.75, 3.05) is 13.1 Å². The number of amidine groups is 1. The first-order valence-electron chi connectivity index (χ1n) is 5.58. The van der Waals surface area contributed by atoms with Gasteiger partial charge in [-0.05, 0) is 13.8 Å². The number of nitrogens with zero attached hydrogens (tertiary/aromatic N) is 2. The van der Waals surface area contributed by atoms with E-state index < -0.39 is 0 Å². The Hall–Kier alpha value is -1.84. The summed E-state index contributed by atoms with van der Waals surface area (Å²) >= 11 is 0. The molecule has 0 spiro atoms. The summed E-state index contributed by atoms with van der Waals surface area (Å²) in [5.41, 5.74) is 0.593. The minimum Gasteiger partial charge on any atom is -0.390 e. The van der Waals surface area contributed by atoms with E-state index in [1.807, 2.05) is 36.9 Å². The smallest absolute Gasteiger partial charge is 0.231 e. The number of hydrogen-bond acceptors (Lipinski definition) is 3. The van der Waals surface area contributed by atoms with E-state index in [2.05, 4.69) is 17.1 Å². The van der Waals surface area contributed by atoms with Gasteiger partial charge in [0.15, 0.2) is 7.11 Å². The second-order valence-electron chi connectivity index (χ2n) is 3.41. The maximum atomic E-state index is 12.2. The highest BCUT2D eigenvalue weighted by Crippen LogP contribution is 2.05. The van der Waals surface area contributed by atoms with Gasteiger partial charge in [0.05, 0.1) is 0 Å². The van der Waals surface area contributed by atoms with Crippen LogP contribution in [-0.4, -0.2) is 29.6 Å². The van der Waals surface area contributed by atoms with Crippen LogP contribution < -0.4 is 0 Å². The van der Waals surface area contributed by atoms with Crippen molar-refractivity contribution in [2.24, 2.45) is 5.16 Å². The van der Waals surface area contributed by atoms with Crippen LogP contribution in [-0.2, 0) is 4.84 Å². The normalized spacial score (nSPS) is 11.1. The van der Waals surface area contributed by atoms with Crippen LogP contribution >= 0.6 is 0 Å². The van der Waals surface area contributed by atoms with Gasteiger partial charge in [0.2, 0.25) is 11.6 Å². The second-order valence-corrected chi connectivity index (χ2v) is 3.41. The number of benzene rings is 1. The Kier molecular flexibility index (Phi) is 5.20. The molecule has 0 bridgehead atoms. The molecule has 1 radical (unpaired) electrons. The van der Waals surface area contributed by atoms with Crippen molar-refractivity contribution in [3.05, 3.63) is 43.0 Å². The van der Waals surface area contributed by atoms with Crippen molar-refractivity contribution in [3.8, 4) is 0 Å². The highest BCUT2D eigenvalue weighted by molar-refractivity contribution is 6.44. The molecule has 0 aliphatic carbocycles. The quantitative estimate of drug-likeness (QED) is 0.339. The number of Topliss-reactive ketones (excluding diaryl/α,β-unsaturated/α-hetero) is 1. The molecule has 0 N–H and O–H groups in total. The van der Waals surface area contributed by atoms with E-state index in [4.69, 9.17) is 0 Å². The van der Waals surface area contributed by atoms with Crippen molar-refractivity contribution in [1.29, 1.82) is 0 Å². The van der Waals surface area contributed by atoms with Gasteiger partial charge in [-0.1, -0.05) is 35.5 Å². The molecule has 4 heteroatoms. The Morgan fingerprint density at radius 2 is 1.88 bits per heavy atom. The van der Waals surface area contributed by atoms with Crippen LogP contribution in [0.1, 0.15) is 24.2 Å². The van der Waals surface area contributed by atoms with Gasteiger partial charge in [-0.15, -0.1) is 0 Å². The first kappa shape index (κ1) is 13.2. The van der Waals surface area contributed by atoms with Crippen molar-refractivity contribution < 1.29 is 9.63 Å². The average molecular weight is 233 g/mol. The van der Waals surface area contributed by atoms with E-state index in [1.54, 1.807) is 12.1 Å². The van der Waals surface area contributed by atoms with Crippen molar-refractivity contribution in [1.82, 2.24) is 4.90 Å². The largest absolute Gasteiger partial charge is 0.390 e. The molecule has 0 unspecified atom stereocenters. The number of hydrogen-bond donors (Lipinski definition) is 0. The van der Waals surface area contributed by atoms with Gasteiger partial charge in [0.1, 0.15) is 0 Å². The van der Waals surface area contributed by atoms with Crippen LogP contribution in [0.4, 0.5) is 0 Å². The SMILES string of the molecule is [CH2]O/N=C(/C(=O)c1ccccc1)N(CC)CC. The maximum Gasteiger partial charge on any atom is 0.231 e. The van der Waals surface area contributed by atoms with E-state index in [0.717, 1.165) is 0 Å². The number of carbonyl (C=O) groups is 1. The van der Waals surface area contributed by atoms with E-state index >= 15 is 0 Å². The molecular formula is C13H17N2O2. The zero-order valence-corrected chi connectivity index (χ0v) is 10.2. The fourth-order valence-electron chi connectivity index (χ4n) is 1.55. The van der Waals surface area contributed by atoms with Gasteiger partial charge in [0.25, 0.3) is 0 Å². The predicted octanol–water partition coefficient (Wildman–Crippen LogP) is 2.33. The van der Waals surface area contributed by atoms with Gasteiger partial charge in [-0.3, -0.25) is 4.79 Å². The fraction of sp³-hybridized carbons (Fsp3) is 0.308. The molecule has 0 saturated heterocycles. The Labute approximate surface area is 102 Å². The Bertz CT molecular complexity index is 384. The topological polar surface area (TPSA) is 41.9 Å². The molecule has 0 aliphatic rings. The summed E-state index contributed by atoms with van der Waals surface area (Å²) in [6, 6.07) is 9.01. The molecule has 4 nitrogen and oxygen atoms in total. The molecule has 91 valence electrons. The average Bonchev–Trinajstić information content (AvgIpc) is 2.39. The molecule has 0 atom stereocenters. The number of carbonyl (C=O) groups excluding carboxylic acids is 1. The zero-order valence-electron chi connectivity index (χ0n) is 10.2. The van der Waals surface area contributed by atoms with Gasteiger partial charge >= 0.3 is 0 Å². The first-order chi connectivity index (χ1) is 8.24. The van der Waals surface area contributed by atoms with Gasteiger partial charge < -0.3 is 9.74 Å². The minimum atomic E-state index is -0.155. The summed E-state index contributed by atoms with van der Waals surface area (Å²) in [6.45, 7) is 5.30. The molecule has 0 aromatic heterocycles. The summed E-state index contributed by atoms with van der Waals surface area (Å²) in [6.07, 6.45) is 0. The molecule has 0 aliphatic heterocycles. The zero-order chi connectivity index (χ0) is 12.7. The summed E-state index contributed by atoms with van der Waals surface area (Å²) in [7, 11) is 3.19. The third-order valence-corrected chi connectivity index (χ3v) is 2.45. The van der Waals surface area contributed by atoms with Gasteiger partial charge in [-0.25, -0.2) is 0 Å². The monoisotopic (exact) mass is 233 g/mol. The van der Waals surface area contributed by atoms with E-state index in [-0.39, 0.29) is 11.6 Å². The Balaban J connectivity index is 3.00. The molecule has 17 heavy (non-hydrogen) atoms. The maximum absolute atomic E-state index is 12.2. The van der Waals surface area contributed by atoms with Crippen LogP contribution in [0, 0.1) is 7.11 Å². The van der Waals surface area contributed by atoms with E-state index in [1.165, 1.54) is 0 Å². The van der Waals surface area contributed by atoms with E-state index in [0.29, 0.717) is 18.7 Å². The number of oxime groups is 1. The lowest BCUT2D eigenvalue weighted by atomic mass is 10.1. The van der Waals surface area contributed by atoms with Crippen molar-refractivity contribution in [2.45, 2.75) is 13.8 Å². The third-order valence-electron chi connectivity index (χ3n) is 2.45. The molecular weight excluding hydrogens is 216 g/mol. The summed E-state index contributed by atoms with van der Waals surface area (Å²) < 4.78 is 0. The molecule has 0 heterocycles. The van der Waals surface area contributed by atoms with Crippen LogP contribution in [0.5, 0.6) is 0 Å². The molecule has 1 aromatic rings. The summed E-state index contributed by atoms with van der Waals surface area (Å²) in [4.78, 5) is 18.6. The highest BCUT2D eigenvalue weighted by atomic mass is 16.6. The number of ketones is 1. The summed E-state index contributed by atoms with van der Waals surface area (Å²) in [5.74, 6) is 0.133. The highest BCUT2D eigenvalue weighted by Gasteiger charge is 2.19. The van der Waals surface area contributed by atoms with Crippen molar-refractivity contribution >= 4 is 11.6 Å². The molecule has 1 aromatic carbocycles. The van der Waals surface area contributed by atoms with Crippen LogP contribution in [0.2, 0.25) is 0 Å². The molecule has 0 fully saturated rings. The molecule has 0 saturated carbocycles. The summed E-state index contributed by atoms with van der Waals surface area (Å²) in [5, 5.41) is 3.72. The van der Waals surface area contributed by atoms with Crippen LogP contribution in [0.15, 0.2) is 35.5 Å². The standard InChI is InChI=1S/C13H17N2O2/c1-4-15(5-2)13(14-17-3)12(16)11-9-7-6-8-10-11/h6-10H,3-5H2,1-2H3/b14-13-. The lowest BCUT2D eigenvalue weighted by Crippen LogP contribution is -2.36. The van der Waals surface area contributed by atoms with Gasteiger partial charge in [-0.2, -0.15) is 0 Å². The first-order valence-corrected chi connectivity index (χ1v) is 5.58.